The highest BCUT2D eigenvalue weighted by atomic mass is 31.2. The van der Waals surface area contributed by atoms with Gasteiger partial charge in [0.05, 0.1) is 27.7 Å². The Bertz CT molecular complexity index is 1240. The van der Waals surface area contributed by atoms with Crippen LogP contribution in [0.2, 0.25) is 0 Å². The van der Waals surface area contributed by atoms with E-state index in [1.54, 1.807) is 0 Å². The van der Waals surface area contributed by atoms with Crippen molar-refractivity contribution in [1.29, 1.82) is 0 Å². The van der Waals surface area contributed by atoms with Gasteiger partial charge in [0.1, 0.15) is 19.8 Å². The fourth-order valence-electron chi connectivity index (χ4n) is 10.4. The molecule has 1 N–H and O–H groups in total. The summed E-state index contributed by atoms with van der Waals surface area (Å²) < 4.78 is 34.7. The molecule has 2 atom stereocenters. The van der Waals surface area contributed by atoms with Crippen molar-refractivity contribution in [3.63, 3.8) is 0 Å². The molecule has 454 valence electrons. The van der Waals surface area contributed by atoms with E-state index < -0.39 is 26.5 Å². The van der Waals surface area contributed by atoms with E-state index in [1.807, 2.05) is 21.1 Å². The quantitative estimate of drug-likeness (QED) is 0.0278. The van der Waals surface area contributed by atoms with Crippen LogP contribution in [0.1, 0.15) is 361 Å². The van der Waals surface area contributed by atoms with Crippen LogP contribution in [0, 0.1) is 0 Å². The predicted octanol–water partition coefficient (Wildman–Crippen LogP) is 21.4. The number of phosphoric acid groups is 1. The topological polar surface area (TPSA) is 108 Å². The van der Waals surface area contributed by atoms with E-state index in [0.29, 0.717) is 17.4 Å². The number of hydrogen-bond donors (Lipinski definition) is 1. The molecule has 0 heterocycles. The second-order valence-corrected chi connectivity index (χ2v) is 26.0. The lowest BCUT2D eigenvalue weighted by atomic mass is 10.0. The zero-order chi connectivity index (χ0) is 55.6. The molecule has 0 aromatic heterocycles. The molecular formula is C66H133NO8P+. The number of esters is 2. The highest BCUT2D eigenvalue weighted by molar-refractivity contribution is 7.47. The third-order valence-electron chi connectivity index (χ3n) is 15.6. The molecule has 0 aromatic rings. The van der Waals surface area contributed by atoms with Crippen molar-refractivity contribution in [2.45, 2.75) is 367 Å². The number of rotatable bonds is 64. The molecular weight excluding hydrogens is 966 g/mol. The van der Waals surface area contributed by atoms with Crippen LogP contribution < -0.4 is 0 Å². The van der Waals surface area contributed by atoms with E-state index in [1.165, 1.54) is 295 Å². The zero-order valence-electron chi connectivity index (χ0n) is 51.8. The van der Waals surface area contributed by atoms with Crippen LogP contribution in [0.5, 0.6) is 0 Å². The number of carbonyl (C=O) groups is 2. The summed E-state index contributed by atoms with van der Waals surface area (Å²) in [6, 6.07) is 0. The summed E-state index contributed by atoms with van der Waals surface area (Å²) in [5.74, 6) is -0.768. The molecule has 0 aliphatic rings. The number of phosphoric ester groups is 1. The van der Waals surface area contributed by atoms with Crippen LogP contribution in [0.15, 0.2) is 0 Å². The maximum atomic E-state index is 12.9. The minimum Gasteiger partial charge on any atom is -0.462 e. The van der Waals surface area contributed by atoms with Crippen molar-refractivity contribution in [3.8, 4) is 0 Å². The monoisotopic (exact) mass is 1100 g/mol. The normalized spacial score (nSPS) is 13.1. The Balaban J connectivity index is 4.00. The van der Waals surface area contributed by atoms with Gasteiger partial charge in [0, 0.05) is 12.8 Å². The molecule has 0 fully saturated rings. The molecule has 10 heteroatoms. The summed E-state index contributed by atoms with van der Waals surface area (Å²) in [4.78, 5) is 35.8. The van der Waals surface area contributed by atoms with Gasteiger partial charge in [0.2, 0.25) is 0 Å². The van der Waals surface area contributed by atoms with Crippen molar-refractivity contribution in [2.24, 2.45) is 0 Å². The second kappa shape index (κ2) is 58.7. The smallest absolute Gasteiger partial charge is 0.462 e. The number of quaternary nitrogens is 1. The number of ether oxygens (including phenoxy) is 2. The standard InChI is InChI=1S/C66H132NO8P/c1-6-8-10-12-14-16-18-20-22-24-26-28-30-32-34-36-38-40-42-44-46-48-50-52-54-56-58-65(68)72-62-64(63-74-76(70,71)73-61-60-67(3,4)5)75-66(69)59-57-55-53-51-49-47-45-43-41-39-37-35-33-31-29-27-25-23-21-19-17-15-13-11-9-7-2/h64H,6-63H2,1-5H3/p+1/t64-/m1/s1. The van der Waals surface area contributed by atoms with Crippen molar-refractivity contribution >= 4 is 19.8 Å². The second-order valence-electron chi connectivity index (χ2n) is 24.6. The van der Waals surface area contributed by atoms with Gasteiger partial charge in [-0.3, -0.25) is 18.6 Å². The molecule has 0 bridgehead atoms. The minimum atomic E-state index is -4.38. The largest absolute Gasteiger partial charge is 0.472 e. The Kier molecular flexibility index (Phi) is 57.9. The molecule has 76 heavy (non-hydrogen) atoms. The molecule has 0 amide bonds. The van der Waals surface area contributed by atoms with E-state index in [2.05, 4.69) is 13.8 Å². The molecule has 0 aromatic carbocycles. The first kappa shape index (κ1) is 75.0. The van der Waals surface area contributed by atoms with Crippen molar-refractivity contribution < 1.29 is 42.1 Å². The van der Waals surface area contributed by atoms with Crippen molar-refractivity contribution in [2.75, 3.05) is 47.5 Å². The van der Waals surface area contributed by atoms with Gasteiger partial charge in [-0.25, -0.2) is 4.57 Å². The summed E-state index contributed by atoms with van der Waals surface area (Å²) in [5, 5.41) is 0. The Hall–Kier alpha value is -0.990. The van der Waals surface area contributed by atoms with Crippen LogP contribution in [0.25, 0.3) is 0 Å². The molecule has 0 spiro atoms. The van der Waals surface area contributed by atoms with Crippen LogP contribution >= 0.6 is 7.82 Å². The highest BCUT2D eigenvalue weighted by Gasteiger charge is 2.27. The van der Waals surface area contributed by atoms with E-state index in [9.17, 15) is 19.0 Å². The molecule has 1 unspecified atom stereocenters. The summed E-state index contributed by atoms with van der Waals surface area (Å²) in [6.45, 7) is 4.53. The fourth-order valence-corrected chi connectivity index (χ4v) is 11.2. The van der Waals surface area contributed by atoms with E-state index in [-0.39, 0.29) is 25.6 Å². The first-order chi connectivity index (χ1) is 37.0. The third kappa shape index (κ3) is 62.2. The molecule has 0 saturated carbocycles. The zero-order valence-corrected chi connectivity index (χ0v) is 52.7. The average Bonchev–Trinajstić information content (AvgIpc) is 3.38. The first-order valence-electron chi connectivity index (χ1n) is 33.8. The third-order valence-corrected chi connectivity index (χ3v) is 16.6. The number of unbranched alkanes of at least 4 members (excludes halogenated alkanes) is 50. The van der Waals surface area contributed by atoms with Crippen molar-refractivity contribution in [1.82, 2.24) is 0 Å². The summed E-state index contributed by atoms with van der Waals surface area (Å²) in [6.07, 6.45) is 69.2. The maximum absolute atomic E-state index is 12.9. The first-order valence-corrected chi connectivity index (χ1v) is 35.3. The van der Waals surface area contributed by atoms with Gasteiger partial charge in [-0.2, -0.15) is 0 Å². The van der Waals surface area contributed by atoms with Gasteiger partial charge in [0.25, 0.3) is 0 Å². The predicted molar refractivity (Wildman–Crippen MR) is 326 cm³/mol. The molecule has 0 aliphatic heterocycles. The molecule has 0 radical (unpaired) electrons. The van der Waals surface area contributed by atoms with Crippen LogP contribution in [-0.2, 0) is 32.7 Å². The summed E-state index contributed by atoms with van der Waals surface area (Å²) in [7, 11) is 1.51. The Morgan fingerprint density at radius 3 is 0.842 bits per heavy atom. The van der Waals surface area contributed by atoms with Crippen molar-refractivity contribution in [3.05, 3.63) is 0 Å². The van der Waals surface area contributed by atoms with Crippen LogP contribution in [0.3, 0.4) is 0 Å². The molecule has 9 nitrogen and oxygen atoms in total. The fraction of sp³-hybridized carbons (Fsp3) is 0.970. The number of carbonyl (C=O) groups excluding carboxylic acids is 2. The Morgan fingerprint density at radius 1 is 0.355 bits per heavy atom. The Morgan fingerprint density at radius 2 is 0.592 bits per heavy atom. The number of hydrogen-bond acceptors (Lipinski definition) is 7. The lowest BCUT2D eigenvalue weighted by molar-refractivity contribution is -0.870. The molecule has 0 aliphatic carbocycles. The minimum absolute atomic E-state index is 0.0377. The lowest BCUT2D eigenvalue weighted by Crippen LogP contribution is -2.37. The Labute approximate surface area is 474 Å². The van der Waals surface area contributed by atoms with Gasteiger partial charge in [-0.15, -0.1) is 0 Å². The number of nitrogens with zero attached hydrogens (tertiary/aromatic N) is 1. The summed E-state index contributed by atoms with van der Waals surface area (Å²) in [5.41, 5.74) is 0. The van der Waals surface area contributed by atoms with E-state index in [4.69, 9.17) is 18.5 Å². The van der Waals surface area contributed by atoms with Crippen LogP contribution in [-0.4, -0.2) is 74.9 Å². The van der Waals surface area contributed by atoms with Gasteiger partial charge >= 0.3 is 19.8 Å². The van der Waals surface area contributed by atoms with E-state index in [0.717, 1.165) is 38.5 Å². The lowest BCUT2D eigenvalue weighted by Gasteiger charge is -2.24. The molecule has 0 saturated heterocycles. The molecule has 0 rings (SSSR count). The van der Waals surface area contributed by atoms with Gasteiger partial charge in [0.15, 0.2) is 6.10 Å². The highest BCUT2D eigenvalue weighted by Crippen LogP contribution is 2.43. The van der Waals surface area contributed by atoms with Gasteiger partial charge in [-0.05, 0) is 12.8 Å². The average molecular weight is 1100 g/mol. The van der Waals surface area contributed by atoms with Crippen LogP contribution in [0.4, 0.5) is 0 Å². The number of likely N-dealkylation sites (N-methyl/N-ethyl adjacent to an activating group) is 1. The van der Waals surface area contributed by atoms with Gasteiger partial charge < -0.3 is 18.9 Å². The SMILES string of the molecule is CCCCCCCCCCCCCCCCCCCCCCCCCCCCC(=O)OC[C@H](COP(=O)(O)OCC[N+](C)(C)C)OC(=O)CCCCCCCCCCCCCCCCCCCCCCCCCCCC. The van der Waals surface area contributed by atoms with Gasteiger partial charge in [-0.1, -0.05) is 335 Å². The summed E-state index contributed by atoms with van der Waals surface area (Å²) >= 11 is 0. The maximum Gasteiger partial charge on any atom is 0.472 e. The van der Waals surface area contributed by atoms with E-state index >= 15 is 0 Å².